The van der Waals surface area contributed by atoms with Crippen LogP contribution in [0.4, 0.5) is 0 Å². The number of esters is 3. The van der Waals surface area contributed by atoms with Crippen molar-refractivity contribution in [3.05, 3.63) is 12.2 Å². The van der Waals surface area contributed by atoms with Crippen molar-refractivity contribution in [1.82, 2.24) is 25.3 Å². The first kappa shape index (κ1) is 99.0. The van der Waals surface area contributed by atoms with Gasteiger partial charge in [0.05, 0.1) is 84.4 Å². The van der Waals surface area contributed by atoms with Gasteiger partial charge in [0.25, 0.3) is 11.8 Å². The van der Waals surface area contributed by atoms with Gasteiger partial charge in [0.15, 0.2) is 0 Å². The summed E-state index contributed by atoms with van der Waals surface area (Å²) in [6.07, 6.45) is 15.0. The van der Waals surface area contributed by atoms with Gasteiger partial charge in [-0.3, -0.25) is 68.5 Å². The number of rotatable bonds is 61. The van der Waals surface area contributed by atoms with E-state index in [1.54, 1.807) is 21.3 Å². The van der Waals surface area contributed by atoms with Crippen molar-refractivity contribution in [3.63, 3.8) is 0 Å². The van der Waals surface area contributed by atoms with E-state index in [4.69, 9.17) is 63.7 Å². The van der Waals surface area contributed by atoms with Crippen LogP contribution in [0.2, 0.25) is 0 Å². The second-order valence-electron chi connectivity index (χ2n) is 24.5. The molecule has 0 saturated carbocycles. The van der Waals surface area contributed by atoms with E-state index in [2.05, 4.69) is 10.6 Å². The average Bonchev–Trinajstić information content (AvgIpc) is 1.69. The van der Waals surface area contributed by atoms with Gasteiger partial charge in [0.1, 0.15) is 38.7 Å². The van der Waals surface area contributed by atoms with Crippen molar-refractivity contribution in [3.8, 4) is 0 Å². The zero-order valence-electron chi connectivity index (χ0n) is 60.5. The molecule has 0 bridgehead atoms. The van der Waals surface area contributed by atoms with Crippen molar-refractivity contribution in [1.29, 1.82) is 0 Å². The van der Waals surface area contributed by atoms with Crippen LogP contribution in [0.25, 0.3) is 0 Å². The molecule has 33 heteroatoms. The van der Waals surface area contributed by atoms with Crippen LogP contribution in [0.5, 0.6) is 0 Å². The minimum absolute atomic E-state index is 0. The minimum atomic E-state index is -0.811. The number of hydrogen-bond donors (Lipinski definition) is 9. The summed E-state index contributed by atoms with van der Waals surface area (Å²) >= 11 is 0. The van der Waals surface area contributed by atoms with Crippen molar-refractivity contribution in [2.24, 2.45) is 5.73 Å². The van der Waals surface area contributed by atoms with Crippen LogP contribution in [0.3, 0.4) is 0 Å². The maximum absolute atomic E-state index is 12.9. The number of nitrogens with one attached hydrogen (secondary N) is 2. The summed E-state index contributed by atoms with van der Waals surface area (Å²) in [5.74, 6) is -3.33. The summed E-state index contributed by atoms with van der Waals surface area (Å²) in [6, 6.07) is -1.52. The molecule has 3 aliphatic rings. The standard InChI is InChI=1S/C23H42N2O9.C23H36N2O9.C13H19NO6.C10H23NO3.CH4/c2*1-32-14-15-33-16-17-34-21(30)6-2-10-25-20(29)18-19(22(25)31)24-23(7-3-11-26,8-4-12-27)9-5-13-28;1-18-7-8-19-9-10-20-13(17)3-2-6-14-11(15)4-5-12(14)16;11-10(4-1-7-12,5-2-8-13)6-3-9-14;/h19,24,26-28H,2-18H2,1H3;11-13,19,24H,2-10,14-18H2,1H3;4-5H,2-3,6-10H2,1H3;12-14H,1-9,11H2;1H4. The Bertz CT molecular complexity index is 2300. The molecule has 0 radical (unpaired) electrons. The second-order valence-corrected chi connectivity index (χ2v) is 24.5. The molecule has 0 spiro atoms. The number of hydrogen-bond acceptors (Lipinski definition) is 30. The Balaban J connectivity index is 0. The van der Waals surface area contributed by atoms with Gasteiger partial charge in [-0.25, -0.2) is 0 Å². The van der Waals surface area contributed by atoms with Gasteiger partial charge >= 0.3 is 17.9 Å². The lowest BCUT2D eigenvalue weighted by Crippen LogP contribution is -2.53. The Hall–Kier alpha value is -6.02. The van der Waals surface area contributed by atoms with Crippen LogP contribution in [0.1, 0.15) is 174 Å². The summed E-state index contributed by atoms with van der Waals surface area (Å²) in [5, 5.41) is 60.6. The van der Waals surface area contributed by atoms with Crippen LogP contribution in [-0.2, 0) is 100 Å². The quantitative estimate of drug-likeness (QED) is 0.0133. The highest BCUT2D eigenvalue weighted by Gasteiger charge is 2.44. The Morgan fingerprint density at radius 3 is 0.981 bits per heavy atom. The van der Waals surface area contributed by atoms with Crippen LogP contribution in [0, 0.1) is 0 Å². The molecule has 10 N–H and O–H groups in total. The number of likely N-dealkylation sites (tertiary alicyclic amines) is 2. The molecule has 2 fully saturated rings. The molecule has 2 unspecified atom stereocenters. The second kappa shape index (κ2) is 63.3. The molecule has 6 amide bonds. The number of amides is 6. The Morgan fingerprint density at radius 1 is 0.427 bits per heavy atom. The Labute approximate surface area is 607 Å². The molecule has 2 atom stereocenters. The molecule has 0 aliphatic carbocycles. The number of imide groups is 3. The lowest BCUT2D eigenvalue weighted by molar-refractivity contribution is -0.147. The van der Waals surface area contributed by atoms with Gasteiger partial charge in [0, 0.05) is 148 Å². The zero-order valence-corrected chi connectivity index (χ0v) is 60.5. The highest BCUT2D eigenvalue weighted by atomic mass is 16.6. The highest BCUT2D eigenvalue weighted by molar-refractivity contribution is 6.13. The number of aliphatic hydroxyl groups is 6. The first-order chi connectivity index (χ1) is 49.2. The van der Waals surface area contributed by atoms with E-state index < -0.39 is 41.0 Å². The topological polar surface area (TPSA) is 469 Å². The molecular weight excluding hydrogens is 1360 g/mol. The molecule has 0 aromatic carbocycles. The fourth-order valence-corrected chi connectivity index (χ4v) is 11.3. The molecule has 33 nitrogen and oxygen atoms in total. The van der Waals surface area contributed by atoms with E-state index in [0.717, 1.165) is 47.9 Å². The van der Waals surface area contributed by atoms with Crippen LogP contribution in [0.15, 0.2) is 12.2 Å². The lowest BCUT2D eigenvalue weighted by Gasteiger charge is -2.37. The smallest absolute Gasteiger partial charge is 0.305 e. The molecule has 596 valence electrons. The van der Waals surface area contributed by atoms with Crippen LogP contribution < -0.4 is 16.4 Å². The van der Waals surface area contributed by atoms with Gasteiger partial charge in [-0.15, -0.1) is 0 Å². The zero-order chi connectivity index (χ0) is 76.1. The van der Waals surface area contributed by atoms with Crippen molar-refractivity contribution < 1.29 is 131 Å². The third-order valence-electron chi connectivity index (χ3n) is 16.6. The fourth-order valence-electron chi connectivity index (χ4n) is 11.3. The summed E-state index contributed by atoms with van der Waals surface area (Å²) in [7, 11) is 4.71. The van der Waals surface area contributed by atoms with E-state index in [1.807, 2.05) is 0 Å². The molecule has 0 aromatic rings. The summed E-state index contributed by atoms with van der Waals surface area (Å²) < 4.78 is 45.1. The van der Waals surface area contributed by atoms with Crippen LogP contribution in [-0.4, -0.2) is 306 Å². The highest BCUT2D eigenvalue weighted by Crippen LogP contribution is 2.30. The number of nitrogens with zero attached hydrogens (tertiary/aromatic N) is 3. The van der Waals surface area contributed by atoms with Gasteiger partial charge in [-0.2, -0.15) is 0 Å². The predicted molar refractivity (Wildman–Crippen MR) is 374 cm³/mol. The van der Waals surface area contributed by atoms with E-state index in [0.29, 0.717) is 136 Å². The third-order valence-corrected chi connectivity index (χ3v) is 16.6. The minimum Gasteiger partial charge on any atom is -0.463 e. The normalized spacial score (nSPS) is 15.1. The van der Waals surface area contributed by atoms with Crippen molar-refractivity contribution in [2.75, 3.05) is 160 Å². The third kappa shape index (κ3) is 45.8. The van der Waals surface area contributed by atoms with Gasteiger partial charge in [0.2, 0.25) is 23.6 Å². The molecule has 3 rings (SSSR count). The van der Waals surface area contributed by atoms with Gasteiger partial charge in [-0.05, 0) is 116 Å². The van der Waals surface area contributed by atoms with E-state index in [-0.39, 0.29) is 199 Å². The Kier molecular flexibility index (Phi) is 60.8. The predicted octanol–water partition coefficient (Wildman–Crippen LogP) is 0.647. The first-order valence-electron chi connectivity index (χ1n) is 35.4. The number of aliphatic hydroxyl groups excluding tert-OH is 6. The maximum Gasteiger partial charge on any atom is 0.305 e. The molecule has 2 saturated heterocycles. The van der Waals surface area contributed by atoms with E-state index >= 15 is 0 Å². The number of nitrogens with two attached hydrogens (primary N) is 1. The largest absolute Gasteiger partial charge is 0.463 e. The first-order valence-corrected chi connectivity index (χ1v) is 35.4. The van der Waals surface area contributed by atoms with E-state index in [9.17, 15) is 72.9 Å². The van der Waals surface area contributed by atoms with Crippen molar-refractivity contribution in [2.45, 2.75) is 203 Å². The average molecular weight is 1480 g/mol. The monoisotopic (exact) mass is 1480 g/mol. The number of ether oxygens (including phenoxy) is 9. The number of methoxy groups -OCH3 is 3. The lowest BCUT2D eigenvalue weighted by atomic mass is 9.83. The molecule has 0 aromatic heterocycles. The Morgan fingerprint density at radius 2 is 0.699 bits per heavy atom. The molecule has 3 heterocycles. The van der Waals surface area contributed by atoms with Gasteiger partial charge in [-0.1, -0.05) is 7.43 Å². The molecular formula is C70H124N6O27. The summed E-state index contributed by atoms with van der Waals surface area (Å²) in [4.78, 5) is 145. The maximum atomic E-state index is 12.9. The number of carbonyl (C=O) groups excluding carboxylic acids is 12. The van der Waals surface area contributed by atoms with Gasteiger partial charge < -0.3 is 93.4 Å². The molecule has 3 aliphatic heterocycles. The summed E-state index contributed by atoms with van der Waals surface area (Å²) in [5.41, 5.74) is 4.44. The summed E-state index contributed by atoms with van der Waals surface area (Å²) in [6.45, 7) is 4.83. The number of aldehydes is 3. The van der Waals surface area contributed by atoms with E-state index in [1.165, 1.54) is 17.1 Å². The van der Waals surface area contributed by atoms with Crippen molar-refractivity contribution >= 4 is 72.2 Å². The fraction of sp³-hybridized carbons (Fsp3) is 0.800. The van der Waals surface area contributed by atoms with Crippen LogP contribution >= 0.6 is 0 Å². The molecule has 103 heavy (non-hydrogen) atoms. The SMILES string of the molecule is C.COCCOCCOC(=O)CCCN1C(=O)C=CC1=O.COCCOCCOC(=O)CCCN1C(=O)CC(NC(CCC=O)(CCC=O)CCC=O)C1=O.COCCOCCOC(=O)CCCN1C(=O)CC(NC(CCCO)(CCCO)CCCO)C1=O.NC(CCCO)(CCCO)CCCO. The number of carbonyl (C=O) groups is 12.